The molecule has 2 heterocycles. The van der Waals surface area contributed by atoms with E-state index in [-0.39, 0.29) is 11.7 Å². The topological polar surface area (TPSA) is 102 Å². The third kappa shape index (κ3) is 4.25. The number of ether oxygens (including phenoxy) is 1. The molecule has 8 nitrogen and oxygen atoms in total. The fraction of sp³-hybridized carbons (Fsp3) is 0.238. The monoisotopic (exact) mass is 426 g/mol. The summed E-state index contributed by atoms with van der Waals surface area (Å²) in [6, 6.07) is 10.4. The van der Waals surface area contributed by atoms with Crippen LogP contribution in [0.3, 0.4) is 0 Å². The quantitative estimate of drug-likeness (QED) is 0.444. The van der Waals surface area contributed by atoms with Gasteiger partial charge in [0.05, 0.1) is 5.69 Å². The smallest absolute Gasteiger partial charge is 0.343 e. The third-order valence-electron chi connectivity index (χ3n) is 4.61. The van der Waals surface area contributed by atoms with E-state index in [0.717, 1.165) is 11.5 Å². The van der Waals surface area contributed by atoms with Crippen molar-refractivity contribution in [3.8, 4) is 0 Å². The molecule has 0 spiro atoms. The van der Waals surface area contributed by atoms with Gasteiger partial charge in [-0.05, 0) is 50.5 Å². The summed E-state index contributed by atoms with van der Waals surface area (Å²) in [7, 11) is 1.69. The minimum atomic E-state index is -0.606. The van der Waals surface area contributed by atoms with Crippen LogP contribution < -0.4 is 10.7 Å². The maximum absolute atomic E-state index is 12.7. The number of hydrogen-bond donors (Lipinski definition) is 2. The molecule has 0 aliphatic heterocycles. The van der Waals surface area contributed by atoms with E-state index in [9.17, 15) is 14.4 Å². The Balaban J connectivity index is 1.71. The molecule has 0 saturated heterocycles. The predicted octanol–water partition coefficient (Wildman–Crippen LogP) is 3.34. The van der Waals surface area contributed by atoms with Gasteiger partial charge in [-0.3, -0.25) is 19.7 Å². The van der Waals surface area contributed by atoms with E-state index in [0.29, 0.717) is 38.8 Å². The van der Waals surface area contributed by atoms with Gasteiger partial charge in [-0.2, -0.15) is 4.37 Å². The zero-order valence-corrected chi connectivity index (χ0v) is 17.9. The zero-order valence-electron chi connectivity index (χ0n) is 17.1. The van der Waals surface area contributed by atoms with E-state index in [4.69, 9.17) is 4.74 Å². The summed E-state index contributed by atoms with van der Waals surface area (Å²) >= 11 is 1.16. The molecular formula is C21H22N4O4S. The minimum Gasteiger partial charge on any atom is -0.454 e. The molecule has 0 radical (unpaired) electrons. The lowest BCUT2D eigenvalue weighted by atomic mass is 10.1. The fourth-order valence-electron chi connectivity index (χ4n) is 3.03. The number of anilines is 1. The SMILES string of the molecule is CNc1snc(C)c1C(=O)OCC(=O)c1cc(C)n(NC(=O)c2ccccc2)c1C. The van der Waals surface area contributed by atoms with Crippen LogP contribution >= 0.6 is 11.5 Å². The molecule has 3 aromatic rings. The normalized spacial score (nSPS) is 10.5. The van der Waals surface area contributed by atoms with Crippen LogP contribution in [0.1, 0.15) is 48.2 Å². The number of amides is 1. The highest BCUT2D eigenvalue weighted by atomic mass is 32.1. The zero-order chi connectivity index (χ0) is 21.8. The first kappa shape index (κ1) is 21.3. The Hall–Kier alpha value is -3.46. The van der Waals surface area contributed by atoms with Crippen LogP contribution in [-0.2, 0) is 4.74 Å². The van der Waals surface area contributed by atoms with E-state index in [2.05, 4.69) is 15.1 Å². The number of rotatable bonds is 7. The van der Waals surface area contributed by atoms with Crippen molar-refractivity contribution in [3.05, 3.63) is 70.2 Å². The highest BCUT2D eigenvalue weighted by molar-refractivity contribution is 7.10. The van der Waals surface area contributed by atoms with Crippen LogP contribution in [0.4, 0.5) is 5.00 Å². The second-order valence-corrected chi connectivity index (χ2v) is 7.42. The summed E-state index contributed by atoms with van der Waals surface area (Å²) in [5, 5.41) is 3.48. The molecule has 9 heteroatoms. The Morgan fingerprint density at radius 2 is 1.83 bits per heavy atom. The molecule has 0 fully saturated rings. The van der Waals surface area contributed by atoms with Crippen molar-refractivity contribution in [2.45, 2.75) is 20.8 Å². The number of benzene rings is 1. The Morgan fingerprint density at radius 1 is 1.13 bits per heavy atom. The molecule has 1 amide bonds. The van der Waals surface area contributed by atoms with E-state index in [1.165, 1.54) is 0 Å². The summed E-state index contributed by atoms with van der Waals surface area (Å²) in [5.41, 5.74) is 5.78. The molecule has 2 N–H and O–H groups in total. The molecule has 0 aliphatic carbocycles. The van der Waals surface area contributed by atoms with Crippen LogP contribution in [0, 0.1) is 20.8 Å². The van der Waals surface area contributed by atoms with Crippen molar-refractivity contribution in [2.75, 3.05) is 24.4 Å². The van der Waals surface area contributed by atoms with Crippen molar-refractivity contribution in [3.63, 3.8) is 0 Å². The van der Waals surface area contributed by atoms with Crippen LogP contribution in [0.15, 0.2) is 36.4 Å². The molecule has 0 unspecified atom stereocenters. The van der Waals surface area contributed by atoms with Crippen LogP contribution in [-0.4, -0.2) is 40.4 Å². The van der Waals surface area contributed by atoms with Crippen molar-refractivity contribution in [1.29, 1.82) is 0 Å². The Labute approximate surface area is 178 Å². The summed E-state index contributed by atoms with van der Waals surface area (Å²) in [5.74, 6) is -1.25. The number of carbonyl (C=O) groups is 3. The van der Waals surface area contributed by atoms with Crippen LogP contribution in [0.5, 0.6) is 0 Å². The first-order valence-corrected chi connectivity index (χ1v) is 10.0. The van der Waals surface area contributed by atoms with Gasteiger partial charge in [-0.15, -0.1) is 0 Å². The second-order valence-electron chi connectivity index (χ2n) is 6.65. The summed E-state index contributed by atoms with van der Waals surface area (Å²) < 4.78 is 10.9. The first-order valence-electron chi connectivity index (χ1n) is 9.23. The Kier molecular flexibility index (Phi) is 6.31. The molecule has 2 aromatic heterocycles. The van der Waals surface area contributed by atoms with Crippen molar-refractivity contribution in [2.24, 2.45) is 0 Å². The number of ketones is 1. The van der Waals surface area contributed by atoms with Gasteiger partial charge >= 0.3 is 5.97 Å². The van der Waals surface area contributed by atoms with Crippen molar-refractivity contribution >= 4 is 34.2 Å². The van der Waals surface area contributed by atoms with E-state index in [1.54, 1.807) is 62.8 Å². The number of esters is 1. The van der Waals surface area contributed by atoms with Gasteiger partial charge in [0.1, 0.15) is 10.6 Å². The average Bonchev–Trinajstić information content (AvgIpc) is 3.26. The minimum absolute atomic E-state index is 0.289. The molecule has 30 heavy (non-hydrogen) atoms. The number of Topliss-reactive ketones (excluding diaryl/α,β-unsaturated/α-hetero) is 1. The summed E-state index contributed by atoms with van der Waals surface area (Å²) in [6.07, 6.45) is 0. The van der Waals surface area contributed by atoms with E-state index < -0.39 is 12.6 Å². The standard InChI is InChI=1S/C21H22N4O4S/c1-12-10-16(14(3)25(12)23-19(27)15-8-6-5-7-9-15)17(26)11-29-21(28)18-13(2)24-30-20(18)22-4/h5-10,22H,11H2,1-4H3,(H,23,27). The number of aromatic nitrogens is 2. The average molecular weight is 426 g/mol. The van der Waals surface area contributed by atoms with Crippen LogP contribution in [0.25, 0.3) is 0 Å². The third-order valence-corrected chi connectivity index (χ3v) is 5.57. The van der Waals surface area contributed by atoms with Crippen LogP contribution in [0.2, 0.25) is 0 Å². The van der Waals surface area contributed by atoms with Gasteiger partial charge in [0.25, 0.3) is 5.91 Å². The van der Waals surface area contributed by atoms with Gasteiger partial charge in [0.2, 0.25) is 5.78 Å². The van der Waals surface area contributed by atoms with Gasteiger partial charge in [0, 0.05) is 29.6 Å². The van der Waals surface area contributed by atoms with Crippen molar-refractivity contribution < 1.29 is 19.1 Å². The molecule has 3 rings (SSSR count). The van der Waals surface area contributed by atoms with E-state index >= 15 is 0 Å². The second kappa shape index (κ2) is 8.91. The molecule has 156 valence electrons. The summed E-state index contributed by atoms with van der Waals surface area (Å²) in [4.78, 5) is 37.5. The lowest BCUT2D eigenvalue weighted by Crippen LogP contribution is -2.25. The molecular weight excluding hydrogens is 404 g/mol. The highest BCUT2D eigenvalue weighted by Crippen LogP contribution is 2.24. The number of carbonyl (C=O) groups excluding carboxylic acids is 3. The number of aryl methyl sites for hydroxylation is 2. The highest BCUT2D eigenvalue weighted by Gasteiger charge is 2.22. The molecule has 0 aliphatic rings. The Bertz CT molecular complexity index is 1100. The van der Waals surface area contributed by atoms with Gasteiger partial charge in [-0.1, -0.05) is 18.2 Å². The van der Waals surface area contributed by atoms with Crippen molar-refractivity contribution in [1.82, 2.24) is 9.05 Å². The molecule has 0 atom stereocenters. The first-order chi connectivity index (χ1) is 14.3. The molecule has 1 aromatic carbocycles. The fourth-order valence-corrected chi connectivity index (χ4v) is 3.77. The molecule has 0 saturated carbocycles. The largest absolute Gasteiger partial charge is 0.454 e. The van der Waals surface area contributed by atoms with Gasteiger partial charge in [0.15, 0.2) is 6.61 Å². The molecule has 0 bridgehead atoms. The predicted molar refractivity (Wildman–Crippen MR) is 115 cm³/mol. The van der Waals surface area contributed by atoms with Gasteiger partial charge in [-0.25, -0.2) is 4.79 Å². The van der Waals surface area contributed by atoms with E-state index in [1.807, 2.05) is 6.07 Å². The lowest BCUT2D eigenvalue weighted by Gasteiger charge is -2.11. The maximum atomic E-state index is 12.7. The number of hydrogen-bond acceptors (Lipinski definition) is 7. The van der Waals surface area contributed by atoms with Gasteiger partial charge < -0.3 is 10.1 Å². The maximum Gasteiger partial charge on any atom is 0.343 e. The number of nitrogens with zero attached hydrogens (tertiary/aromatic N) is 2. The lowest BCUT2D eigenvalue weighted by molar-refractivity contribution is 0.0475. The summed E-state index contributed by atoms with van der Waals surface area (Å²) in [6.45, 7) is 4.80. The number of nitrogens with one attached hydrogen (secondary N) is 2. The Morgan fingerprint density at radius 3 is 2.50 bits per heavy atom.